The fourth-order valence-electron chi connectivity index (χ4n) is 2.57. The van der Waals surface area contributed by atoms with E-state index in [2.05, 4.69) is 12.6 Å². The smallest absolute Gasteiger partial charge is 0.274 e. The van der Waals surface area contributed by atoms with E-state index >= 15 is 0 Å². The fourth-order valence-corrected chi connectivity index (χ4v) is 2.92. The molecule has 0 amide bonds. The van der Waals surface area contributed by atoms with Crippen LogP contribution in [0.4, 0.5) is 0 Å². The first kappa shape index (κ1) is 13.9. The van der Waals surface area contributed by atoms with Gasteiger partial charge in [-0.25, -0.2) is 0 Å². The summed E-state index contributed by atoms with van der Waals surface area (Å²) >= 11 is 4.48. The van der Waals surface area contributed by atoms with E-state index in [0.29, 0.717) is 28.1 Å². The van der Waals surface area contributed by atoms with E-state index in [1.807, 2.05) is 53.9 Å². The van der Waals surface area contributed by atoms with Crippen molar-refractivity contribution in [2.45, 2.75) is 13.0 Å². The molecule has 0 bridgehead atoms. The van der Waals surface area contributed by atoms with Gasteiger partial charge >= 0.3 is 0 Å². The Hall–Kier alpha value is -2.04. The largest absolute Gasteiger partial charge is 0.556 e. The average Bonchev–Trinajstić information content (AvgIpc) is 2.51. The molecule has 1 heterocycles. The minimum absolute atomic E-state index is 0.364. The maximum atomic E-state index is 12.6. The Labute approximate surface area is 128 Å². The highest BCUT2D eigenvalue weighted by molar-refractivity contribution is 7.90. The second-order valence-electron chi connectivity index (χ2n) is 5.01. The summed E-state index contributed by atoms with van der Waals surface area (Å²) in [5.41, 5.74) is 2.80. The Morgan fingerprint density at radius 2 is 1.90 bits per heavy atom. The molecule has 1 atom stereocenters. The Kier molecular flexibility index (Phi) is 3.57. The number of thiol groups is 1. The molecule has 0 spiro atoms. The van der Waals surface area contributed by atoms with E-state index in [-0.39, 0.29) is 0 Å². The minimum atomic E-state index is -0.730. The summed E-state index contributed by atoms with van der Waals surface area (Å²) in [5.74, 6) is 0.463. The molecule has 0 fully saturated rings. The molecule has 0 saturated heterocycles. The van der Waals surface area contributed by atoms with Gasteiger partial charge in [0.1, 0.15) is 5.57 Å². The summed E-state index contributed by atoms with van der Waals surface area (Å²) in [7, 11) is 0. The molecule has 106 valence electrons. The van der Waals surface area contributed by atoms with Gasteiger partial charge in [-0.15, -0.1) is 12.6 Å². The Morgan fingerprint density at radius 3 is 2.57 bits per heavy atom. The third-order valence-electron chi connectivity index (χ3n) is 3.61. The number of carbonyl (C=O) groups is 1. The van der Waals surface area contributed by atoms with Gasteiger partial charge in [0.05, 0.1) is 5.56 Å². The van der Waals surface area contributed by atoms with Crippen molar-refractivity contribution in [1.29, 1.82) is 0 Å². The van der Waals surface area contributed by atoms with E-state index in [9.17, 15) is 10.1 Å². The summed E-state index contributed by atoms with van der Waals surface area (Å²) in [6.07, 6.45) is -0.0187. The SMILES string of the molecule is Cc1ccc2c(c1)C(S)=C(C=O)C(c1ccccc1)[O+]2[O-]. The minimum Gasteiger partial charge on any atom is -0.556 e. The normalized spacial score (nSPS) is 17.7. The van der Waals surface area contributed by atoms with Gasteiger partial charge in [-0.1, -0.05) is 24.3 Å². The summed E-state index contributed by atoms with van der Waals surface area (Å²) in [6, 6.07) is 14.7. The van der Waals surface area contributed by atoms with Crippen LogP contribution >= 0.6 is 12.6 Å². The number of fused-ring (bicyclic) bond motifs is 1. The first-order valence-corrected chi connectivity index (χ1v) is 7.03. The van der Waals surface area contributed by atoms with Crippen LogP contribution in [0.3, 0.4) is 0 Å². The van der Waals surface area contributed by atoms with Crippen LogP contribution in [0.15, 0.2) is 54.1 Å². The number of hydrogen-bond donors (Lipinski definition) is 1. The third-order valence-corrected chi connectivity index (χ3v) is 4.11. The second kappa shape index (κ2) is 5.39. The second-order valence-corrected chi connectivity index (χ2v) is 5.46. The topological polar surface area (TPSA) is 42.8 Å². The van der Waals surface area contributed by atoms with Crippen LogP contribution in [0.5, 0.6) is 5.75 Å². The molecule has 2 aromatic rings. The number of aryl methyl sites for hydroxylation is 1. The number of benzene rings is 2. The molecule has 3 rings (SSSR count). The van der Waals surface area contributed by atoms with Crippen molar-refractivity contribution < 1.29 is 14.6 Å². The van der Waals surface area contributed by atoms with Crippen molar-refractivity contribution >= 4 is 23.8 Å². The molecular formula is C17H14O3S. The molecule has 1 unspecified atom stereocenters. The molecule has 0 aliphatic carbocycles. The lowest BCUT2D eigenvalue weighted by Gasteiger charge is -2.38. The summed E-state index contributed by atoms with van der Waals surface area (Å²) in [6.45, 7) is 1.94. The molecule has 1 aliphatic heterocycles. The van der Waals surface area contributed by atoms with Gasteiger partial charge in [-0.3, -0.25) is 4.79 Å². The van der Waals surface area contributed by atoms with E-state index in [1.165, 1.54) is 0 Å². The summed E-state index contributed by atoms with van der Waals surface area (Å²) < 4.78 is 1.84. The maximum Gasteiger partial charge on any atom is 0.274 e. The van der Waals surface area contributed by atoms with Gasteiger partial charge in [0.15, 0.2) is 6.29 Å². The number of hydrogen-bond acceptors (Lipinski definition) is 3. The predicted octanol–water partition coefficient (Wildman–Crippen LogP) is 3.13. The standard InChI is InChI=1S/C17H14O3S/c1-11-7-8-15-13(9-11)17(21)14(10-18)16(20(15)19)12-5-3-2-4-6-12/h2-10,16,21H,1H3. The third kappa shape index (κ3) is 2.26. The van der Waals surface area contributed by atoms with Gasteiger partial charge in [0.2, 0.25) is 6.10 Å². The van der Waals surface area contributed by atoms with Crippen molar-refractivity contribution in [3.8, 4) is 5.75 Å². The lowest BCUT2D eigenvalue weighted by molar-refractivity contribution is -0.780. The Bertz CT molecular complexity index is 722. The van der Waals surface area contributed by atoms with E-state index in [0.717, 1.165) is 11.1 Å². The van der Waals surface area contributed by atoms with Gasteiger partial charge in [0.25, 0.3) is 5.75 Å². The molecule has 0 N–H and O–H groups in total. The first-order valence-electron chi connectivity index (χ1n) is 6.58. The van der Waals surface area contributed by atoms with Crippen molar-refractivity contribution in [2.24, 2.45) is 0 Å². The highest BCUT2D eigenvalue weighted by Gasteiger charge is 2.36. The summed E-state index contributed by atoms with van der Waals surface area (Å²) in [4.78, 5) is 12.1. The zero-order valence-corrected chi connectivity index (χ0v) is 12.3. The van der Waals surface area contributed by atoms with Crippen LogP contribution in [-0.2, 0) is 9.31 Å². The quantitative estimate of drug-likeness (QED) is 0.400. The van der Waals surface area contributed by atoms with Crippen LogP contribution in [0.2, 0.25) is 0 Å². The van der Waals surface area contributed by atoms with Gasteiger partial charge in [-0.2, -0.15) is 0 Å². The van der Waals surface area contributed by atoms with Gasteiger partial charge in [0, 0.05) is 16.5 Å². The van der Waals surface area contributed by atoms with Crippen molar-refractivity contribution in [3.05, 3.63) is 70.8 Å². The van der Waals surface area contributed by atoms with Crippen LogP contribution in [0.25, 0.3) is 4.91 Å². The molecule has 4 heteroatoms. The zero-order valence-electron chi connectivity index (χ0n) is 11.4. The van der Waals surface area contributed by atoms with E-state index in [4.69, 9.17) is 0 Å². The fraction of sp³-hybridized carbons (Fsp3) is 0.118. The van der Waals surface area contributed by atoms with Crippen molar-refractivity contribution in [1.82, 2.24) is 0 Å². The number of carbonyl (C=O) groups excluding carboxylic acids is 1. The molecular weight excluding hydrogens is 284 g/mol. The Morgan fingerprint density at radius 1 is 1.19 bits per heavy atom. The molecule has 0 saturated carbocycles. The number of aldehydes is 1. The molecule has 21 heavy (non-hydrogen) atoms. The molecule has 1 aliphatic rings. The zero-order chi connectivity index (χ0) is 15.0. The van der Waals surface area contributed by atoms with Crippen LogP contribution in [-0.4, -0.2) is 6.29 Å². The van der Waals surface area contributed by atoms with E-state index < -0.39 is 6.10 Å². The Balaban J connectivity index is 2.23. The van der Waals surface area contributed by atoms with Crippen molar-refractivity contribution in [2.75, 3.05) is 0 Å². The van der Waals surface area contributed by atoms with Crippen LogP contribution in [0.1, 0.15) is 22.8 Å². The molecule has 3 nitrogen and oxygen atoms in total. The van der Waals surface area contributed by atoms with Crippen molar-refractivity contribution in [3.63, 3.8) is 0 Å². The number of rotatable bonds is 2. The summed E-state index contributed by atoms with van der Waals surface area (Å²) in [5, 5.41) is 12.6. The van der Waals surface area contributed by atoms with E-state index in [1.54, 1.807) is 6.07 Å². The van der Waals surface area contributed by atoms with Gasteiger partial charge in [-0.05, 0) is 30.7 Å². The average molecular weight is 298 g/mol. The lowest BCUT2D eigenvalue weighted by Crippen LogP contribution is -2.31. The first-order chi connectivity index (χ1) is 10.1. The van der Waals surface area contributed by atoms with Crippen LogP contribution in [0, 0.1) is 6.92 Å². The predicted molar refractivity (Wildman–Crippen MR) is 82.9 cm³/mol. The highest BCUT2D eigenvalue weighted by Crippen LogP contribution is 2.48. The molecule has 0 aromatic heterocycles. The van der Waals surface area contributed by atoms with Gasteiger partial charge < -0.3 is 9.78 Å². The molecule has 2 aromatic carbocycles. The highest BCUT2D eigenvalue weighted by atomic mass is 32.1. The maximum absolute atomic E-state index is 12.6. The monoisotopic (exact) mass is 298 g/mol. The van der Waals surface area contributed by atoms with Crippen LogP contribution < -0.4 is 5.26 Å². The molecule has 0 radical (unpaired) electrons. The lowest BCUT2D eigenvalue weighted by atomic mass is 9.96.